The van der Waals surface area contributed by atoms with Crippen molar-refractivity contribution in [1.82, 2.24) is 9.99 Å². The quantitative estimate of drug-likeness (QED) is 0.326. The van der Waals surface area contributed by atoms with Crippen LogP contribution in [0.5, 0.6) is 0 Å². The molecular weight excluding hydrogens is 519 g/mol. The van der Waals surface area contributed by atoms with Crippen molar-refractivity contribution in [3.63, 3.8) is 0 Å². The number of rotatable bonds is 7. The lowest BCUT2D eigenvalue weighted by atomic mass is 10.2. The minimum atomic E-state index is -3.74. The molecule has 0 atom stereocenters. The van der Waals surface area contributed by atoms with Crippen molar-refractivity contribution in [3.8, 4) is 5.69 Å². The van der Waals surface area contributed by atoms with Gasteiger partial charge in [0.25, 0.3) is 5.91 Å². The predicted molar refractivity (Wildman–Crippen MR) is 139 cm³/mol. The molecule has 7 nitrogen and oxygen atoms in total. The van der Waals surface area contributed by atoms with Crippen molar-refractivity contribution in [2.24, 2.45) is 5.10 Å². The summed E-state index contributed by atoms with van der Waals surface area (Å²) in [5.74, 6) is -0.601. The van der Waals surface area contributed by atoms with Crippen molar-refractivity contribution < 1.29 is 13.2 Å². The van der Waals surface area contributed by atoms with Crippen LogP contribution in [0.15, 0.2) is 47.6 Å². The zero-order valence-corrected chi connectivity index (χ0v) is 22.0. The Hall–Kier alpha value is -2.52. The van der Waals surface area contributed by atoms with Gasteiger partial charge >= 0.3 is 0 Å². The number of hydrogen-bond donors (Lipinski definition) is 1. The van der Waals surface area contributed by atoms with Crippen molar-refractivity contribution in [3.05, 3.63) is 80.0 Å². The Bertz CT molecular complexity index is 1380. The summed E-state index contributed by atoms with van der Waals surface area (Å²) in [4.78, 5) is 12.5. The van der Waals surface area contributed by atoms with E-state index in [2.05, 4.69) is 10.5 Å². The van der Waals surface area contributed by atoms with Crippen LogP contribution in [0.25, 0.3) is 5.69 Å². The average molecular weight is 542 g/mol. The number of aromatic nitrogens is 1. The van der Waals surface area contributed by atoms with Crippen LogP contribution >= 0.6 is 34.8 Å². The van der Waals surface area contributed by atoms with E-state index in [0.717, 1.165) is 33.2 Å². The summed E-state index contributed by atoms with van der Waals surface area (Å²) in [6.45, 7) is 5.06. The highest BCUT2D eigenvalue weighted by atomic mass is 35.5. The summed E-state index contributed by atoms with van der Waals surface area (Å²) < 4.78 is 27.6. The van der Waals surface area contributed by atoms with Crippen LogP contribution < -0.4 is 9.73 Å². The number of hydrazone groups is 1. The summed E-state index contributed by atoms with van der Waals surface area (Å²) in [6.07, 6.45) is 2.52. The SMILES string of the molecule is Cc1c(Cl)cccc1N(CC(=O)N/N=C\c1cc(C)n(-c2ccc(Cl)cc2Cl)c1C)S(C)(=O)=O. The molecule has 0 unspecified atom stereocenters. The average Bonchev–Trinajstić information content (AvgIpc) is 3.01. The monoisotopic (exact) mass is 540 g/mol. The van der Waals surface area contributed by atoms with Gasteiger partial charge in [-0.05, 0) is 62.7 Å². The van der Waals surface area contributed by atoms with Crippen LogP contribution in [-0.4, -0.2) is 37.9 Å². The number of anilines is 1. The van der Waals surface area contributed by atoms with Gasteiger partial charge in [0.2, 0.25) is 10.0 Å². The van der Waals surface area contributed by atoms with Crippen molar-refractivity contribution in [2.45, 2.75) is 20.8 Å². The molecule has 2 aromatic carbocycles. The number of carbonyl (C=O) groups excluding carboxylic acids is 1. The van der Waals surface area contributed by atoms with E-state index in [1.807, 2.05) is 30.5 Å². The molecule has 11 heteroatoms. The molecule has 0 bridgehead atoms. The van der Waals surface area contributed by atoms with Crippen LogP contribution in [0.1, 0.15) is 22.5 Å². The van der Waals surface area contributed by atoms with Gasteiger partial charge in [-0.2, -0.15) is 5.10 Å². The summed E-state index contributed by atoms with van der Waals surface area (Å²) in [5, 5.41) is 5.46. The highest BCUT2D eigenvalue weighted by Crippen LogP contribution is 2.29. The van der Waals surface area contributed by atoms with Crippen molar-refractivity contribution in [1.29, 1.82) is 0 Å². The maximum Gasteiger partial charge on any atom is 0.260 e. The first-order valence-electron chi connectivity index (χ1n) is 10.1. The number of sulfonamides is 1. The fourth-order valence-electron chi connectivity index (χ4n) is 3.54. The second-order valence-electron chi connectivity index (χ2n) is 7.70. The third-order valence-corrected chi connectivity index (χ3v) is 7.28. The third kappa shape index (κ3) is 5.75. The van der Waals surface area contributed by atoms with Crippen LogP contribution in [0.2, 0.25) is 15.1 Å². The largest absolute Gasteiger partial charge is 0.316 e. The highest BCUT2D eigenvalue weighted by molar-refractivity contribution is 7.92. The molecule has 0 aliphatic heterocycles. The summed E-state index contributed by atoms with van der Waals surface area (Å²) in [6, 6.07) is 12.0. The summed E-state index contributed by atoms with van der Waals surface area (Å²) in [5.41, 5.74) is 6.57. The molecule has 0 radical (unpaired) electrons. The molecule has 0 fully saturated rings. The van der Waals surface area contributed by atoms with E-state index in [-0.39, 0.29) is 0 Å². The van der Waals surface area contributed by atoms with E-state index >= 15 is 0 Å². The fraction of sp³-hybridized carbons (Fsp3) is 0.217. The number of hydrogen-bond acceptors (Lipinski definition) is 4. The fourth-order valence-corrected chi connectivity index (χ4v) is 5.11. The van der Waals surface area contributed by atoms with E-state index in [9.17, 15) is 13.2 Å². The van der Waals surface area contributed by atoms with Gasteiger partial charge in [0.15, 0.2) is 0 Å². The zero-order chi connectivity index (χ0) is 25.2. The molecule has 3 aromatic rings. The Kier molecular flexibility index (Phi) is 7.98. The standard InChI is InChI=1S/C23H23Cl3N4O3S/c1-14-10-17(16(3)30(14)22-9-8-18(24)11-20(22)26)12-27-28-23(31)13-29(34(4,32)33)21-7-5-6-19(25)15(21)2/h5-12H,13H2,1-4H3,(H,28,31)/b27-12-. The van der Waals surface area contributed by atoms with Crippen LogP contribution in [-0.2, 0) is 14.8 Å². The number of nitrogens with zero attached hydrogens (tertiary/aromatic N) is 3. The molecule has 0 aliphatic rings. The predicted octanol–water partition coefficient (Wildman–Crippen LogP) is 5.28. The molecule has 1 aromatic heterocycles. The number of amides is 1. The molecular formula is C23H23Cl3N4O3S. The van der Waals surface area contributed by atoms with Gasteiger partial charge in [0, 0.05) is 27.0 Å². The van der Waals surface area contributed by atoms with Gasteiger partial charge in [-0.15, -0.1) is 0 Å². The van der Waals surface area contributed by atoms with Crippen LogP contribution in [0.3, 0.4) is 0 Å². The second-order valence-corrected chi connectivity index (χ2v) is 10.9. The number of aryl methyl sites for hydroxylation is 1. The molecule has 3 rings (SSSR count). The number of carbonyl (C=O) groups is 1. The first-order valence-corrected chi connectivity index (χ1v) is 13.1. The number of halogens is 3. The zero-order valence-electron chi connectivity index (χ0n) is 18.9. The minimum Gasteiger partial charge on any atom is -0.316 e. The van der Waals surface area contributed by atoms with Gasteiger partial charge < -0.3 is 4.57 Å². The van der Waals surface area contributed by atoms with Crippen LogP contribution in [0.4, 0.5) is 5.69 Å². The van der Waals surface area contributed by atoms with E-state index < -0.39 is 22.5 Å². The molecule has 1 heterocycles. The minimum absolute atomic E-state index is 0.331. The molecule has 1 N–H and O–H groups in total. The first kappa shape index (κ1) is 26.1. The normalized spacial score (nSPS) is 11.7. The lowest BCUT2D eigenvalue weighted by molar-refractivity contribution is -0.119. The maximum atomic E-state index is 12.5. The van der Waals surface area contributed by atoms with Crippen molar-refractivity contribution >= 4 is 62.6 Å². The Labute approximate surface area is 214 Å². The van der Waals surface area contributed by atoms with E-state index in [1.165, 1.54) is 6.21 Å². The second kappa shape index (κ2) is 10.4. The molecule has 0 saturated heterocycles. The first-order chi connectivity index (χ1) is 15.9. The van der Waals surface area contributed by atoms with Crippen molar-refractivity contribution in [2.75, 3.05) is 17.1 Å². The molecule has 0 aliphatic carbocycles. The van der Waals surface area contributed by atoms with E-state index in [0.29, 0.717) is 26.3 Å². The molecule has 0 spiro atoms. The molecule has 180 valence electrons. The van der Waals surface area contributed by atoms with Gasteiger partial charge in [-0.1, -0.05) is 40.9 Å². The topological polar surface area (TPSA) is 83.8 Å². The lowest BCUT2D eigenvalue weighted by Gasteiger charge is -2.23. The van der Waals surface area contributed by atoms with E-state index in [4.69, 9.17) is 34.8 Å². The molecule has 0 saturated carbocycles. The van der Waals surface area contributed by atoms with Gasteiger partial charge in [0.1, 0.15) is 6.54 Å². The van der Waals surface area contributed by atoms with E-state index in [1.54, 1.807) is 37.3 Å². The third-order valence-electron chi connectivity index (χ3n) is 5.21. The Morgan fingerprint density at radius 2 is 1.79 bits per heavy atom. The Morgan fingerprint density at radius 3 is 2.44 bits per heavy atom. The van der Waals surface area contributed by atoms with Gasteiger partial charge in [-0.3, -0.25) is 9.10 Å². The highest BCUT2D eigenvalue weighted by Gasteiger charge is 2.23. The number of nitrogens with one attached hydrogen (secondary N) is 1. The molecule has 34 heavy (non-hydrogen) atoms. The van der Waals surface area contributed by atoms with Gasteiger partial charge in [0.05, 0.1) is 28.9 Å². The number of benzene rings is 2. The Balaban J connectivity index is 1.79. The summed E-state index contributed by atoms with van der Waals surface area (Å²) >= 11 is 18.5. The lowest BCUT2D eigenvalue weighted by Crippen LogP contribution is -2.39. The Morgan fingerprint density at radius 1 is 1.09 bits per heavy atom. The smallest absolute Gasteiger partial charge is 0.260 e. The van der Waals surface area contributed by atoms with Crippen LogP contribution in [0, 0.1) is 20.8 Å². The molecule has 1 amide bonds. The van der Waals surface area contributed by atoms with Gasteiger partial charge in [-0.25, -0.2) is 13.8 Å². The summed E-state index contributed by atoms with van der Waals surface area (Å²) in [7, 11) is -3.74. The maximum absolute atomic E-state index is 12.5.